The summed E-state index contributed by atoms with van der Waals surface area (Å²) in [4.78, 5) is 15.1. The molecule has 19 heavy (non-hydrogen) atoms. The third kappa shape index (κ3) is 5.66. The number of carbonyl (C=O) groups excluding carboxylic acids is 1. The molecule has 0 radical (unpaired) electrons. The lowest BCUT2D eigenvalue weighted by molar-refractivity contribution is -0.140. The van der Waals surface area contributed by atoms with Gasteiger partial charge in [0.05, 0.1) is 18.9 Å². The van der Waals surface area contributed by atoms with Crippen LogP contribution in [-0.4, -0.2) is 32.2 Å². The summed E-state index contributed by atoms with van der Waals surface area (Å²) in [6.45, 7) is 3.60. The van der Waals surface area contributed by atoms with Crippen LogP contribution in [0.2, 0.25) is 0 Å². The Bertz CT molecular complexity index is 525. The molecule has 1 unspecified atom stereocenters. The number of nitrogens with one attached hydrogen (secondary N) is 1. The molecule has 0 saturated carbocycles. The van der Waals surface area contributed by atoms with E-state index in [-0.39, 0.29) is 24.6 Å². The van der Waals surface area contributed by atoms with E-state index in [1.165, 1.54) is 18.4 Å². The van der Waals surface area contributed by atoms with Gasteiger partial charge in [-0.25, -0.2) is 18.1 Å². The topological polar surface area (TPSA) is 85.4 Å². The molecule has 8 heteroatoms. The average Bonchev–Trinajstić information content (AvgIpc) is 2.75. The van der Waals surface area contributed by atoms with Crippen LogP contribution < -0.4 is 4.72 Å². The van der Waals surface area contributed by atoms with Gasteiger partial charge in [0.2, 0.25) is 10.0 Å². The summed E-state index contributed by atoms with van der Waals surface area (Å²) in [7, 11) is -2.13. The highest BCUT2D eigenvalue weighted by Crippen LogP contribution is 2.18. The van der Waals surface area contributed by atoms with E-state index in [4.69, 9.17) is 0 Å². The fraction of sp³-hybridized carbons (Fsp3) is 0.636. The standard InChI is InChI=1S/C11H18N2O4S2/c1-8-7-18-11(12-8)9(2)13-19(15,16)6-4-5-10(14)17-3/h7,9,13H,4-6H2,1-3H3. The van der Waals surface area contributed by atoms with Gasteiger partial charge in [0.25, 0.3) is 0 Å². The molecule has 1 aromatic rings. The molecule has 108 valence electrons. The molecular weight excluding hydrogens is 288 g/mol. The first-order valence-electron chi connectivity index (χ1n) is 5.83. The van der Waals surface area contributed by atoms with Crippen LogP contribution in [0.4, 0.5) is 0 Å². The predicted octanol–water partition coefficient (Wildman–Crippen LogP) is 1.39. The van der Waals surface area contributed by atoms with Crippen molar-refractivity contribution in [1.29, 1.82) is 0 Å². The van der Waals surface area contributed by atoms with Gasteiger partial charge in [0, 0.05) is 17.5 Å². The van der Waals surface area contributed by atoms with Gasteiger partial charge >= 0.3 is 5.97 Å². The summed E-state index contributed by atoms with van der Waals surface area (Å²) < 4.78 is 30.6. The van der Waals surface area contributed by atoms with E-state index in [1.54, 1.807) is 6.92 Å². The minimum absolute atomic E-state index is 0.0994. The molecule has 1 N–H and O–H groups in total. The van der Waals surface area contributed by atoms with Crippen LogP contribution >= 0.6 is 11.3 Å². The van der Waals surface area contributed by atoms with Crippen LogP contribution in [0.15, 0.2) is 5.38 Å². The van der Waals surface area contributed by atoms with Gasteiger partial charge in [0.1, 0.15) is 5.01 Å². The average molecular weight is 306 g/mol. The number of carbonyl (C=O) groups is 1. The van der Waals surface area contributed by atoms with Crippen molar-refractivity contribution in [3.8, 4) is 0 Å². The summed E-state index contributed by atoms with van der Waals surface area (Å²) in [5, 5.41) is 2.60. The number of sulfonamides is 1. The molecule has 0 bridgehead atoms. The molecule has 0 aliphatic carbocycles. The van der Waals surface area contributed by atoms with Crippen LogP contribution in [0, 0.1) is 6.92 Å². The number of aromatic nitrogens is 1. The summed E-state index contributed by atoms with van der Waals surface area (Å²) >= 11 is 1.42. The van der Waals surface area contributed by atoms with Crippen molar-refractivity contribution in [2.45, 2.75) is 32.7 Å². The fourth-order valence-corrected chi connectivity index (χ4v) is 3.63. The Morgan fingerprint density at radius 2 is 2.26 bits per heavy atom. The Morgan fingerprint density at radius 1 is 1.58 bits per heavy atom. The Labute approximate surface area is 117 Å². The van der Waals surface area contributed by atoms with Crippen molar-refractivity contribution < 1.29 is 17.9 Å². The highest BCUT2D eigenvalue weighted by atomic mass is 32.2. The summed E-state index contributed by atoms with van der Waals surface area (Å²) in [5.41, 5.74) is 0.872. The van der Waals surface area contributed by atoms with Crippen LogP contribution in [0.5, 0.6) is 0 Å². The lowest BCUT2D eigenvalue weighted by atomic mass is 10.3. The van der Waals surface area contributed by atoms with Crippen molar-refractivity contribution in [3.63, 3.8) is 0 Å². The smallest absolute Gasteiger partial charge is 0.305 e. The predicted molar refractivity (Wildman–Crippen MR) is 73.4 cm³/mol. The quantitative estimate of drug-likeness (QED) is 0.769. The van der Waals surface area contributed by atoms with Gasteiger partial charge in [-0.05, 0) is 20.3 Å². The Hall–Kier alpha value is -0.990. The van der Waals surface area contributed by atoms with E-state index in [0.717, 1.165) is 10.7 Å². The molecule has 1 rings (SSSR count). The van der Waals surface area contributed by atoms with E-state index in [9.17, 15) is 13.2 Å². The van der Waals surface area contributed by atoms with Gasteiger partial charge in [-0.1, -0.05) is 0 Å². The zero-order chi connectivity index (χ0) is 14.5. The highest BCUT2D eigenvalue weighted by molar-refractivity contribution is 7.89. The molecule has 1 heterocycles. The molecule has 0 amide bonds. The van der Waals surface area contributed by atoms with Crippen LogP contribution in [0.25, 0.3) is 0 Å². The first-order valence-corrected chi connectivity index (χ1v) is 8.36. The molecule has 0 saturated heterocycles. The zero-order valence-corrected chi connectivity index (χ0v) is 12.8. The number of esters is 1. The number of ether oxygens (including phenoxy) is 1. The molecular formula is C11H18N2O4S2. The number of hydrogen-bond acceptors (Lipinski definition) is 6. The Balaban J connectivity index is 2.48. The van der Waals surface area contributed by atoms with Crippen molar-refractivity contribution in [3.05, 3.63) is 16.1 Å². The second-order valence-electron chi connectivity index (χ2n) is 4.17. The molecule has 1 atom stereocenters. The lowest BCUT2D eigenvalue weighted by Crippen LogP contribution is -2.29. The second kappa shape index (κ2) is 6.97. The minimum atomic E-state index is -3.41. The number of thiazole rings is 1. The van der Waals surface area contributed by atoms with Crippen LogP contribution in [0.3, 0.4) is 0 Å². The third-order valence-corrected chi connectivity index (χ3v) is 5.07. The van der Waals surface area contributed by atoms with Crippen LogP contribution in [-0.2, 0) is 19.6 Å². The van der Waals surface area contributed by atoms with E-state index < -0.39 is 16.0 Å². The summed E-state index contributed by atoms with van der Waals surface area (Å²) in [6.07, 6.45) is 0.341. The van der Waals surface area contributed by atoms with E-state index in [1.807, 2.05) is 12.3 Å². The molecule has 0 spiro atoms. The maximum atomic E-state index is 11.8. The highest BCUT2D eigenvalue weighted by Gasteiger charge is 2.18. The van der Waals surface area contributed by atoms with Crippen molar-refractivity contribution in [2.24, 2.45) is 0 Å². The summed E-state index contributed by atoms with van der Waals surface area (Å²) in [5.74, 6) is -0.504. The Morgan fingerprint density at radius 3 is 2.79 bits per heavy atom. The zero-order valence-electron chi connectivity index (χ0n) is 11.2. The second-order valence-corrected chi connectivity index (χ2v) is 6.93. The van der Waals surface area contributed by atoms with Crippen LogP contribution in [0.1, 0.15) is 36.5 Å². The molecule has 0 aliphatic rings. The normalized spacial score (nSPS) is 13.2. The summed E-state index contributed by atoms with van der Waals surface area (Å²) in [6, 6.07) is -0.359. The first-order chi connectivity index (χ1) is 8.84. The van der Waals surface area contributed by atoms with E-state index in [2.05, 4.69) is 14.4 Å². The van der Waals surface area contributed by atoms with Crippen molar-refractivity contribution >= 4 is 27.3 Å². The largest absolute Gasteiger partial charge is 0.469 e. The van der Waals surface area contributed by atoms with E-state index >= 15 is 0 Å². The van der Waals surface area contributed by atoms with Gasteiger partial charge in [-0.2, -0.15) is 0 Å². The Kier molecular flexibility index (Phi) is 5.89. The molecule has 0 aromatic carbocycles. The fourth-order valence-electron chi connectivity index (χ4n) is 1.46. The number of nitrogens with zero attached hydrogens (tertiary/aromatic N) is 1. The SMILES string of the molecule is COC(=O)CCCS(=O)(=O)NC(C)c1nc(C)cs1. The minimum Gasteiger partial charge on any atom is -0.469 e. The van der Waals surface area contributed by atoms with Gasteiger partial charge < -0.3 is 4.74 Å². The number of methoxy groups -OCH3 is 1. The van der Waals surface area contributed by atoms with E-state index in [0.29, 0.717) is 0 Å². The lowest BCUT2D eigenvalue weighted by Gasteiger charge is -2.11. The molecule has 0 aliphatic heterocycles. The van der Waals surface area contributed by atoms with Gasteiger partial charge in [-0.3, -0.25) is 4.79 Å². The number of rotatable bonds is 7. The molecule has 1 aromatic heterocycles. The number of hydrogen-bond donors (Lipinski definition) is 1. The molecule has 0 fully saturated rings. The van der Waals surface area contributed by atoms with Gasteiger partial charge in [0.15, 0.2) is 0 Å². The van der Waals surface area contributed by atoms with Crippen molar-refractivity contribution in [1.82, 2.24) is 9.71 Å². The first kappa shape index (κ1) is 16.1. The maximum Gasteiger partial charge on any atom is 0.305 e. The monoisotopic (exact) mass is 306 g/mol. The third-order valence-electron chi connectivity index (χ3n) is 2.39. The van der Waals surface area contributed by atoms with Crippen molar-refractivity contribution in [2.75, 3.05) is 12.9 Å². The number of aryl methyl sites for hydroxylation is 1. The van der Waals surface area contributed by atoms with Gasteiger partial charge in [-0.15, -0.1) is 11.3 Å². The molecule has 6 nitrogen and oxygen atoms in total. The maximum absolute atomic E-state index is 11.8.